The Morgan fingerprint density at radius 3 is 1.94 bits per heavy atom. The number of aromatic hydroxyl groups is 3. The van der Waals surface area contributed by atoms with Crippen LogP contribution in [0.2, 0.25) is 10.0 Å². The molecule has 8 amide bonds. The smallest absolute Gasteiger partial charge is 0.248 e. The molecular weight excluding hydrogens is 1430 g/mol. The second-order valence-electron chi connectivity index (χ2n) is 27.2. The summed E-state index contributed by atoms with van der Waals surface area (Å²) in [6.45, 7) is 5.92. The van der Waals surface area contributed by atoms with Crippen LogP contribution in [0.25, 0.3) is 11.1 Å². The van der Waals surface area contributed by atoms with Crippen molar-refractivity contribution >= 4 is 70.5 Å². The lowest BCUT2D eigenvalue weighted by atomic mass is 9.86. The molecule has 5 aromatic carbocycles. The second kappa shape index (κ2) is 33.3. The molecule has 0 aliphatic carbocycles. The third kappa shape index (κ3) is 17.4. The van der Waals surface area contributed by atoms with Crippen LogP contribution < -0.4 is 73.9 Å². The predicted molar refractivity (Wildman–Crippen MR) is 373 cm³/mol. The van der Waals surface area contributed by atoms with Gasteiger partial charge in [0.05, 0.1) is 41.3 Å². The van der Waals surface area contributed by atoms with Gasteiger partial charge in [-0.2, -0.15) is 0 Å². The van der Waals surface area contributed by atoms with E-state index in [1.807, 2.05) is 13.8 Å². The number of halogens is 2. The maximum absolute atomic E-state index is 16.2. The molecule has 18 atom stereocenters. The zero-order valence-corrected chi connectivity index (χ0v) is 59.3. The number of primary amides is 1. The molecular formula is C70H85Cl2N11O23. The van der Waals surface area contributed by atoms with E-state index >= 15 is 19.2 Å². The minimum absolute atomic E-state index is 0.0202. The van der Waals surface area contributed by atoms with Gasteiger partial charge in [0, 0.05) is 35.7 Å². The van der Waals surface area contributed by atoms with Crippen molar-refractivity contribution in [3.8, 4) is 57.1 Å². The van der Waals surface area contributed by atoms with Gasteiger partial charge in [-0.3, -0.25) is 38.4 Å². The van der Waals surface area contributed by atoms with Crippen LogP contribution in [0.3, 0.4) is 0 Å². The van der Waals surface area contributed by atoms with Crippen LogP contribution in [0.15, 0.2) is 78.9 Å². The van der Waals surface area contributed by atoms with Crippen molar-refractivity contribution in [3.05, 3.63) is 117 Å². The summed E-state index contributed by atoms with van der Waals surface area (Å²) >= 11 is 14.2. The number of carbonyl (C=O) groups is 8. The number of phenolic OH excluding ortho intramolecular Hbond substituents is 3. The number of nitrogens with two attached hydrogens (primary N) is 3. The van der Waals surface area contributed by atoms with E-state index in [0.717, 1.165) is 60.7 Å². The molecule has 7 heterocycles. The molecule has 7 aliphatic heterocycles. The van der Waals surface area contributed by atoms with Gasteiger partial charge in [0.2, 0.25) is 59.3 Å². The fraction of sp³-hybridized carbons (Fsp3) is 0.457. The van der Waals surface area contributed by atoms with Crippen molar-refractivity contribution in [1.29, 1.82) is 0 Å². The Morgan fingerprint density at radius 1 is 0.717 bits per heavy atom. The molecule has 572 valence electrons. The highest BCUT2D eigenvalue weighted by Crippen LogP contribution is 2.50. The number of rotatable bonds is 17. The first-order valence-corrected chi connectivity index (χ1v) is 34.7. The predicted octanol–water partition coefficient (Wildman–Crippen LogP) is -0.123. The number of benzene rings is 5. The topological polar surface area (TPSA) is 548 Å². The van der Waals surface area contributed by atoms with Crippen LogP contribution in [-0.2, 0) is 52.6 Å². The number of aliphatic hydroxyl groups excluding tert-OH is 6. The first kappa shape index (κ1) is 79.3. The molecule has 5 aromatic rings. The molecule has 0 spiro atoms. The van der Waals surface area contributed by atoms with E-state index in [-0.39, 0.29) is 76.2 Å². The first-order chi connectivity index (χ1) is 50.2. The highest BCUT2D eigenvalue weighted by molar-refractivity contribution is 6.32. The van der Waals surface area contributed by atoms with Gasteiger partial charge in [0.15, 0.2) is 23.9 Å². The third-order valence-electron chi connectivity index (χ3n) is 18.7. The summed E-state index contributed by atoms with van der Waals surface area (Å²) in [5.41, 5.74) is 14.3. The summed E-state index contributed by atoms with van der Waals surface area (Å²) in [6, 6.07) is 0.397. The molecule has 23 N–H and O–H groups in total. The van der Waals surface area contributed by atoms with Gasteiger partial charge >= 0.3 is 0 Å². The lowest BCUT2D eigenvalue weighted by molar-refractivity contribution is -0.333. The number of likely N-dealkylation sites (N-methyl/N-ethyl adjacent to an activating group) is 1. The Kier molecular flexibility index (Phi) is 24.9. The molecule has 0 saturated carbocycles. The standard InChI is InChI=1S/C70H85Cl2N11O23/c1-27(2)16-38(76-5)62(94)82-53-55(89)30-9-12-42(36(71)18-30)102-44-20-32-21-45(59(44)106-69-60(58(92)57(91)46(26-84)104-69)105-48-25-70(4,75)61(93)28(3)101-48)103-43-13-10-31(19-37(43)72)56(90)54-68(100)81-52(64(96)77-15-7-6-14-73)35-22-33(85)23-41(87)49(35)34-17-29(8-11-40(34)86)50(65(97)83-54)80-66(98)51(32)79-63(95)39(24-47(74)88)78-67(53)99/h8-13,17-23,27-28,38-39,46,48,50-58,60-61,69,76,84-87,89-93H,6-7,14-16,24-26,73,75H2,1-5H3,(H2,74,88)(H,77,96)(H,78,99)(H,79,95)(H,80,98)(H,81,100)(H,82,94)(H,83,97)/t28-,38+,39-,46+,48-,50+,51+,52-,53+,54-,55+,56+,57+,58-,60+,61+,69-,70-/m0/s1. The van der Waals surface area contributed by atoms with Crippen LogP contribution in [0, 0.1) is 5.92 Å². The van der Waals surface area contributed by atoms with Crippen molar-refractivity contribution in [3.63, 3.8) is 0 Å². The number of aliphatic hydroxyl groups is 6. The van der Waals surface area contributed by atoms with Gasteiger partial charge in [-0.1, -0.05) is 55.2 Å². The van der Waals surface area contributed by atoms with Crippen molar-refractivity contribution in [1.82, 2.24) is 42.5 Å². The molecule has 0 unspecified atom stereocenters. The monoisotopic (exact) mass is 1520 g/mol. The van der Waals surface area contributed by atoms with Gasteiger partial charge in [-0.25, -0.2) is 0 Å². The zero-order chi connectivity index (χ0) is 77.1. The molecule has 106 heavy (non-hydrogen) atoms. The molecule has 2 saturated heterocycles. The van der Waals surface area contributed by atoms with Crippen molar-refractivity contribution in [2.24, 2.45) is 23.1 Å². The number of amides is 8. The molecule has 34 nitrogen and oxygen atoms in total. The number of hydrogen-bond donors (Lipinski definition) is 20. The maximum atomic E-state index is 16.2. The third-order valence-corrected chi connectivity index (χ3v) is 19.3. The fourth-order valence-electron chi connectivity index (χ4n) is 13.1. The molecule has 12 rings (SSSR count). The Bertz CT molecular complexity index is 4180. The van der Waals surface area contributed by atoms with E-state index in [2.05, 4.69) is 42.5 Å². The van der Waals surface area contributed by atoms with Crippen LogP contribution in [0.5, 0.6) is 46.0 Å². The van der Waals surface area contributed by atoms with Gasteiger partial charge < -0.3 is 134 Å². The van der Waals surface area contributed by atoms with Crippen LogP contribution >= 0.6 is 23.2 Å². The molecule has 11 bridgehead atoms. The summed E-state index contributed by atoms with van der Waals surface area (Å²) in [4.78, 5) is 119. The molecule has 2 fully saturated rings. The normalized spacial score (nSPS) is 28.6. The average Bonchev–Trinajstić information content (AvgIpc) is 0.768. The number of carbonyl (C=O) groups excluding carboxylic acids is 8. The number of hydrogen-bond acceptors (Lipinski definition) is 26. The summed E-state index contributed by atoms with van der Waals surface area (Å²) in [7, 11) is 1.48. The molecule has 0 aromatic heterocycles. The Balaban J connectivity index is 1.23. The van der Waals surface area contributed by atoms with Gasteiger partial charge in [-0.05, 0) is 135 Å². The van der Waals surface area contributed by atoms with E-state index in [4.69, 9.17) is 68.8 Å². The molecule has 0 radical (unpaired) electrons. The van der Waals surface area contributed by atoms with Crippen LogP contribution in [0.4, 0.5) is 0 Å². The van der Waals surface area contributed by atoms with Gasteiger partial charge in [-0.15, -0.1) is 0 Å². The first-order valence-electron chi connectivity index (χ1n) is 33.9. The van der Waals surface area contributed by atoms with Crippen LogP contribution in [-0.4, -0.2) is 199 Å². The zero-order valence-electron chi connectivity index (χ0n) is 57.8. The molecule has 7 aliphatic rings. The van der Waals surface area contributed by atoms with E-state index in [9.17, 15) is 65.1 Å². The van der Waals surface area contributed by atoms with Crippen LogP contribution in [0.1, 0.15) is 118 Å². The second-order valence-corrected chi connectivity index (χ2v) is 28.0. The van der Waals surface area contributed by atoms with Gasteiger partial charge in [0.25, 0.3) is 0 Å². The lowest BCUT2D eigenvalue weighted by Crippen LogP contribution is -2.64. The Morgan fingerprint density at radius 2 is 1.34 bits per heavy atom. The largest absolute Gasteiger partial charge is 0.508 e. The van der Waals surface area contributed by atoms with Crippen molar-refractivity contribution in [2.45, 2.75) is 169 Å². The average molecular weight is 1520 g/mol. The maximum Gasteiger partial charge on any atom is 0.248 e. The number of fused-ring (bicyclic) bond motifs is 15. The fourth-order valence-corrected chi connectivity index (χ4v) is 13.5. The highest BCUT2D eigenvalue weighted by atomic mass is 35.5. The Hall–Kier alpha value is -9.24. The number of phenols is 3. The number of ether oxygens (including phenoxy) is 6. The van der Waals surface area contributed by atoms with E-state index in [1.165, 1.54) is 39.1 Å². The van der Waals surface area contributed by atoms with Crippen molar-refractivity contribution < 1.29 is 113 Å². The van der Waals surface area contributed by atoms with E-state index in [1.54, 1.807) is 0 Å². The summed E-state index contributed by atoms with van der Waals surface area (Å²) < 4.78 is 38.5. The molecule has 36 heteroatoms. The van der Waals surface area contributed by atoms with Gasteiger partial charge in [0.1, 0.15) is 95.5 Å². The van der Waals surface area contributed by atoms with Crippen molar-refractivity contribution in [2.75, 3.05) is 26.7 Å². The summed E-state index contributed by atoms with van der Waals surface area (Å²) in [6.07, 6.45) is -17.7. The number of unbranched alkanes of at least 4 members (excludes halogenated alkanes) is 1. The SMILES string of the molecule is CN[C@H](CC(C)C)C(=O)N[C@H]1C(=O)N[C@@H](CC(N)=O)C(=O)N[C@H]2C(=O)N[C@H]3C(=O)N[C@H](C(=O)N[C@H](C(=O)NCCCCN)c4cc(O)cc(O)c4-c4cc3ccc4O)[C@H](O)c3ccc(c(Cl)c3)Oc3cc2cc(c3O[C@@H]2O[C@H](CO)[C@@H](O)[C@H](O)[C@H]2O[C@H]2C[C@](C)(N)[C@H](O)[C@H](C)O2)Oc2ccc(cc2Cl)[C@H]1O. The summed E-state index contributed by atoms with van der Waals surface area (Å²) in [5, 5.41) is 124. The Labute approximate surface area is 615 Å². The lowest BCUT2D eigenvalue weighted by Gasteiger charge is -2.47. The number of nitrogens with one attached hydrogen (secondary N) is 8. The minimum atomic E-state index is -2.33. The highest BCUT2D eigenvalue weighted by Gasteiger charge is 2.52. The minimum Gasteiger partial charge on any atom is -0.508 e. The van der Waals surface area contributed by atoms with E-state index < -0.39 is 220 Å². The van der Waals surface area contributed by atoms with E-state index in [0.29, 0.717) is 12.8 Å². The quantitative estimate of drug-likeness (QED) is 0.0540. The summed E-state index contributed by atoms with van der Waals surface area (Å²) in [5.74, 6) is -14.6.